The second kappa shape index (κ2) is 9.77. The van der Waals surface area contributed by atoms with E-state index in [-0.39, 0.29) is 5.91 Å². The molecule has 0 fully saturated rings. The minimum atomic E-state index is -0.106. The van der Waals surface area contributed by atoms with Crippen molar-refractivity contribution in [2.24, 2.45) is 0 Å². The van der Waals surface area contributed by atoms with Gasteiger partial charge in [0.2, 0.25) is 0 Å². The number of rotatable bonds is 9. The molecule has 7 nitrogen and oxygen atoms in total. The van der Waals surface area contributed by atoms with E-state index < -0.39 is 0 Å². The van der Waals surface area contributed by atoms with Gasteiger partial charge in [-0.15, -0.1) is 0 Å². The molecule has 0 spiro atoms. The number of hydrogen-bond donors (Lipinski definition) is 0. The number of benzene rings is 2. The number of ether oxygens (including phenoxy) is 3. The summed E-state index contributed by atoms with van der Waals surface area (Å²) in [5, 5.41) is 0.645. The van der Waals surface area contributed by atoms with E-state index in [1.165, 1.54) is 11.3 Å². The lowest BCUT2D eigenvalue weighted by molar-refractivity contribution is 0.0985. The molecule has 1 heterocycles. The predicted molar refractivity (Wildman–Crippen MR) is 121 cm³/mol. The molecule has 0 bridgehead atoms. The summed E-state index contributed by atoms with van der Waals surface area (Å²) in [5.41, 5.74) is 1.33. The number of carbonyl (C=O) groups excluding carboxylic acids is 1. The third-order valence-electron chi connectivity index (χ3n) is 4.66. The summed E-state index contributed by atoms with van der Waals surface area (Å²) in [6.07, 6.45) is 0.825. The number of methoxy groups -OCH3 is 3. The zero-order chi connectivity index (χ0) is 21.7. The summed E-state index contributed by atoms with van der Waals surface area (Å²) in [4.78, 5) is 22.0. The summed E-state index contributed by atoms with van der Waals surface area (Å²) < 4.78 is 17.0. The summed E-state index contributed by atoms with van der Waals surface area (Å²) in [6, 6.07) is 10.9. The van der Waals surface area contributed by atoms with Crippen molar-refractivity contribution in [2.75, 3.05) is 53.4 Å². The first-order valence-electron chi connectivity index (χ1n) is 9.60. The van der Waals surface area contributed by atoms with Gasteiger partial charge in [-0.1, -0.05) is 17.4 Å². The fourth-order valence-electron chi connectivity index (χ4n) is 3.10. The third-order valence-corrected chi connectivity index (χ3v) is 5.70. The molecular weight excluding hydrogens is 402 g/mol. The van der Waals surface area contributed by atoms with Crippen molar-refractivity contribution in [3.63, 3.8) is 0 Å². The topological polar surface area (TPSA) is 64.1 Å². The molecular formula is C22H27N3O4S. The zero-order valence-electron chi connectivity index (χ0n) is 18.0. The first-order valence-corrected chi connectivity index (χ1v) is 10.4. The van der Waals surface area contributed by atoms with Gasteiger partial charge in [-0.25, -0.2) is 4.98 Å². The van der Waals surface area contributed by atoms with E-state index >= 15 is 0 Å². The fourth-order valence-corrected chi connectivity index (χ4v) is 4.10. The maximum absolute atomic E-state index is 13.4. The molecule has 0 unspecified atom stereocenters. The summed E-state index contributed by atoms with van der Waals surface area (Å²) in [5.74, 6) is 1.79. The van der Waals surface area contributed by atoms with Gasteiger partial charge in [0.1, 0.15) is 5.75 Å². The monoisotopic (exact) mass is 429 g/mol. The van der Waals surface area contributed by atoms with Crippen molar-refractivity contribution >= 4 is 32.6 Å². The van der Waals surface area contributed by atoms with E-state index in [4.69, 9.17) is 19.2 Å². The molecule has 1 amide bonds. The Labute approximate surface area is 180 Å². The Morgan fingerprint density at radius 3 is 2.40 bits per heavy atom. The van der Waals surface area contributed by atoms with Crippen LogP contribution in [0, 0.1) is 0 Å². The van der Waals surface area contributed by atoms with Gasteiger partial charge in [0.25, 0.3) is 5.91 Å². The quantitative estimate of drug-likeness (QED) is 0.514. The predicted octanol–water partition coefficient (Wildman–Crippen LogP) is 3.92. The van der Waals surface area contributed by atoms with Crippen LogP contribution in [0.3, 0.4) is 0 Å². The van der Waals surface area contributed by atoms with Gasteiger partial charge in [0.15, 0.2) is 16.6 Å². The maximum Gasteiger partial charge on any atom is 0.260 e. The molecule has 0 aliphatic heterocycles. The minimum Gasteiger partial charge on any atom is -0.497 e. The van der Waals surface area contributed by atoms with Gasteiger partial charge in [0, 0.05) is 24.2 Å². The molecule has 160 valence electrons. The Balaban J connectivity index is 1.99. The molecule has 0 aliphatic rings. The van der Waals surface area contributed by atoms with Gasteiger partial charge in [0.05, 0.1) is 31.5 Å². The van der Waals surface area contributed by atoms with Crippen LogP contribution in [0.15, 0.2) is 36.4 Å². The van der Waals surface area contributed by atoms with Crippen LogP contribution in [0.4, 0.5) is 5.13 Å². The number of carbonyl (C=O) groups is 1. The Hall–Kier alpha value is -2.84. The molecule has 2 aromatic carbocycles. The summed E-state index contributed by atoms with van der Waals surface area (Å²) >= 11 is 1.46. The Bertz CT molecular complexity index is 978. The van der Waals surface area contributed by atoms with Crippen LogP contribution in [-0.2, 0) is 0 Å². The van der Waals surface area contributed by atoms with Gasteiger partial charge in [-0.2, -0.15) is 0 Å². The average molecular weight is 430 g/mol. The van der Waals surface area contributed by atoms with Gasteiger partial charge < -0.3 is 19.1 Å². The molecule has 0 N–H and O–H groups in total. The zero-order valence-corrected chi connectivity index (χ0v) is 18.8. The first-order chi connectivity index (χ1) is 14.5. The standard InChI is InChI=1S/C22H27N3O4S/c1-24(2)10-7-11-25(21(26)15-8-6-9-16(12-15)27-3)22-23-17-13-18(28-4)19(29-5)14-20(17)30-22/h6,8-9,12-14H,7,10-11H2,1-5H3. The molecule has 0 atom stereocenters. The first kappa shape index (κ1) is 21.9. The smallest absolute Gasteiger partial charge is 0.260 e. The van der Waals surface area contributed by atoms with E-state index in [1.54, 1.807) is 38.4 Å². The lowest BCUT2D eigenvalue weighted by Crippen LogP contribution is -2.33. The highest BCUT2D eigenvalue weighted by Crippen LogP contribution is 2.37. The number of thiazole rings is 1. The lowest BCUT2D eigenvalue weighted by atomic mass is 10.2. The van der Waals surface area contributed by atoms with Gasteiger partial charge >= 0.3 is 0 Å². The van der Waals surface area contributed by atoms with Crippen molar-refractivity contribution in [3.05, 3.63) is 42.0 Å². The van der Waals surface area contributed by atoms with E-state index in [1.807, 2.05) is 38.4 Å². The van der Waals surface area contributed by atoms with Crippen LogP contribution < -0.4 is 19.1 Å². The molecule has 3 aromatic rings. The molecule has 0 radical (unpaired) electrons. The number of hydrogen-bond acceptors (Lipinski definition) is 7. The maximum atomic E-state index is 13.4. The number of aromatic nitrogens is 1. The number of fused-ring (bicyclic) bond motifs is 1. The molecule has 30 heavy (non-hydrogen) atoms. The van der Waals surface area contributed by atoms with Crippen LogP contribution in [0.1, 0.15) is 16.8 Å². The van der Waals surface area contributed by atoms with Crippen molar-refractivity contribution in [1.82, 2.24) is 9.88 Å². The van der Waals surface area contributed by atoms with E-state index in [2.05, 4.69) is 4.90 Å². The van der Waals surface area contributed by atoms with E-state index in [0.717, 1.165) is 23.2 Å². The largest absolute Gasteiger partial charge is 0.497 e. The molecule has 8 heteroatoms. The van der Waals surface area contributed by atoms with Crippen LogP contribution in [-0.4, -0.2) is 64.3 Å². The van der Waals surface area contributed by atoms with E-state index in [9.17, 15) is 4.79 Å². The molecule has 0 saturated carbocycles. The molecule has 0 aliphatic carbocycles. The van der Waals surface area contributed by atoms with E-state index in [0.29, 0.717) is 34.5 Å². The lowest BCUT2D eigenvalue weighted by Gasteiger charge is -2.21. The second-order valence-electron chi connectivity index (χ2n) is 7.02. The summed E-state index contributed by atoms with van der Waals surface area (Å²) in [7, 11) is 8.82. The minimum absolute atomic E-state index is 0.106. The van der Waals surface area contributed by atoms with Crippen molar-refractivity contribution in [2.45, 2.75) is 6.42 Å². The van der Waals surface area contributed by atoms with Crippen molar-refractivity contribution < 1.29 is 19.0 Å². The molecule has 3 rings (SSSR count). The Morgan fingerprint density at radius 1 is 1.00 bits per heavy atom. The fraction of sp³-hybridized carbons (Fsp3) is 0.364. The number of nitrogens with zero attached hydrogens (tertiary/aromatic N) is 3. The van der Waals surface area contributed by atoms with Gasteiger partial charge in [-0.05, 0) is 45.3 Å². The van der Waals surface area contributed by atoms with Gasteiger partial charge in [-0.3, -0.25) is 9.69 Å². The van der Waals surface area contributed by atoms with Crippen molar-refractivity contribution in [3.8, 4) is 17.2 Å². The van der Waals surface area contributed by atoms with Crippen LogP contribution in [0.2, 0.25) is 0 Å². The highest BCUT2D eigenvalue weighted by atomic mass is 32.1. The third kappa shape index (κ3) is 4.83. The highest BCUT2D eigenvalue weighted by molar-refractivity contribution is 7.22. The van der Waals surface area contributed by atoms with Crippen LogP contribution in [0.5, 0.6) is 17.2 Å². The van der Waals surface area contributed by atoms with Crippen LogP contribution >= 0.6 is 11.3 Å². The Kier molecular flexibility index (Phi) is 7.12. The SMILES string of the molecule is COc1cccc(C(=O)N(CCCN(C)C)c2nc3cc(OC)c(OC)cc3s2)c1. The molecule has 0 saturated heterocycles. The molecule has 1 aromatic heterocycles. The Morgan fingerprint density at radius 2 is 1.73 bits per heavy atom. The number of amides is 1. The summed E-state index contributed by atoms with van der Waals surface area (Å²) in [6.45, 7) is 1.43. The highest BCUT2D eigenvalue weighted by Gasteiger charge is 2.22. The van der Waals surface area contributed by atoms with Crippen LogP contribution in [0.25, 0.3) is 10.2 Å². The van der Waals surface area contributed by atoms with Crippen molar-refractivity contribution in [1.29, 1.82) is 0 Å². The average Bonchev–Trinajstić information content (AvgIpc) is 3.17. The second-order valence-corrected chi connectivity index (χ2v) is 8.03. The normalized spacial score (nSPS) is 11.0. The number of anilines is 1.